The summed E-state index contributed by atoms with van der Waals surface area (Å²) in [5.41, 5.74) is 14.2. The number of carbonyl (C=O) groups excluding carboxylic acids is 1. The van der Waals surface area contributed by atoms with Crippen LogP contribution in [0.1, 0.15) is 0 Å². The van der Waals surface area contributed by atoms with Crippen molar-refractivity contribution in [3.63, 3.8) is 0 Å². The highest BCUT2D eigenvalue weighted by molar-refractivity contribution is 7.16. The zero-order valence-electron chi connectivity index (χ0n) is 8.51. The Kier molecular flexibility index (Phi) is 3.02. The molecule has 0 radical (unpaired) electrons. The first kappa shape index (κ1) is 10.8. The molecule has 0 fully saturated rings. The van der Waals surface area contributed by atoms with Gasteiger partial charge in [-0.3, -0.25) is 4.79 Å². The Balaban J connectivity index is 2.06. The van der Waals surface area contributed by atoms with Gasteiger partial charge in [-0.15, -0.1) is 11.3 Å². The molecule has 84 valence electrons. The molecule has 1 heterocycles. The van der Waals surface area contributed by atoms with Gasteiger partial charge in [0.05, 0.1) is 15.7 Å². The Labute approximate surface area is 96.5 Å². The Hall–Kier alpha value is -1.66. The van der Waals surface area contributed by atoms with Gasteiger partial charge < -0.3 is 16.8 Å². The molecule has 5 nitrogen and oxygen atoms in total. The van der Waals surface area contributed by atoms with E-state index < -0.39 is 11.9 Å². The van der Waals surface area contributed by atoms with Crippen LogP contribution >= 0.6 is 11.3 Å². The molecule has 2 aromatic rings. The second-order valence-corrected chi connectivity index (χ2v) is 4.31. The number of nitrogens with zero attached hydrogens (tertiary/aromatic N) is 1. The Bertz CT molecular complexity index is 510. The third-order valence-electron chi connectivity index (χ3n) is 2.22. The predicted molar refractivity (Wildman–Crippen MR) is 65.3 cm³/mol. The van der Waals surface area contributed by atoms with Crippen molar-refractivity contribution >= 4 is 33.1 Å². The largest absolute Gasteiger partial charge is 0.383 e. The van der Waals surface area contributed by atoms with E-state index in [1.165, 1.54) is 0 Å². The van der Waals surface area contributed by atoms with E-state index in [0.29, 0.717) is 6.54 Å². The minimum atomic E-state index is -0.669. The molecule has 2 rings (SSSR count). The molecular formula is C10H12N4OS. The van der Waals surface area contributed by atoms with Crippen molar-refractivity contribution in [2.75, 3.05) is 11.9 Å². The van der Waals surface area contributed by atoms with Crippen LogP contribution in [0.15, 0.2) is 23.7 Å². The minimum absolute atomic E-state index is 0.333. The molecule has 0 aliphatic carbocycles. The summed E-state index contributed by atoms with van der Waals surface area (Å²) in [4.78, 5) is 14.9. The van der Waals surface area contributed by atoms with Crippen LogP contribution in [-0.4, -0.2) is 23.5 Å². The summed E-state index contributed by atoms with van der Waals surface area (Å²) in [5.74, 6) is -0.508. The van der Waals surface area contributed by atoms with E-state index in [1.54, 1.807) is 16.8 Å². The lowest BCUT2D eigenvalue weighted by molar-refractivity contribution is -0.118. The molecule has 0 aliphatic heterocycles. The molecule has 16 heavy (non-hydrogen) atoms. The number of rotatable bonds is 4. The SMILES string of the molecule is NC(=O)C(N)CNc1ccc2ncsc2c1. The Morgan fingerprint density at radius 3 is 3.12 bits per heavy atom. The van der Waals surface area contributed by atoms with Gasteiger partial charge in [-0.05, 0) is 18.2 Å². The second-order valence-electron chi connectivity index (χ2n) is 3.42. The molecule has 0 bridgehead atoms. The van der Waals surface area contributed by atoms with Gasteiger partial charge in [-0.25, -0.2) is 4.98 Å². The quantitative estimate of drug-likeness (QED) is 0.721. The van der Waals surface area contributed by atoms with Gasteiger partial charge >= 0.3 is 0 Å². The maximum absolute atomic E-state index is 10.7. The summed E-state index contributed by atoms with van der Waals surface area (Å²) in [7, 11) is 0. The van der Waals surface area contributed by atoms with Crippen LogP contribution in [-0.2, 0) is 4.79 Å². The fourth-order valence-electron chi connectivity index (χ4n) is 1.29. The number of nitrogens with one attached hydrogen (secondary N) is 1. The zero-order chi connectivity index (χ0) is 11.5. The van der Waals surface area contributed by atoms with Crippen LogP contribution in [0.25, 0.3) is 10.2 Å². The van der Waals surface area contributed by atoms with Crippen molar-refractivity contribution in [2.24, 2.45) is 11.5 Å². The molecule has 1 atom stereocenters. The maximum Gasteiger partial charge on any atom is 0.236 e. The highest BCUT2D eigenvalue weighted by Crippen LogP contribution is 2.21. The summed E-state index contributed by atoms with van der Waals surface area (Å²) in [6.45, 7) is 0.333. The van der Waals surface area contributed by atoms with Crippen molar-refractivity contribution in [3.8, 4) is 0 Å². The number of fused-ring (bicyclic) bond motifs is 1. The third kappa shape index (κ3) is 2.29. The van der Waals surface area contributed by atoms with Crippen LogP contribution in [0.4, 0.5) is 5.69 Å². The van der Waals surface area contributed by atoms with E-state index >= 15 is 0 Å². The third-order valence-corrected chi connectivity index (χ3v) is 3.01. The van der Waals surface area contributed by atoms with Crippen molar-refractivity contribution in [1.82, 2.24) is 4.98 Å². The van der Waals surface area contributed by atoms with Gasteiger partial charge in [-0.1, -0.05) is 0 Å². The molecular weight excluding hydrogens is 224 g/mol. The molecule has 6 heteroatoms. The topological polar surface area (TPSA) is 94.0 Å². The van der Waals surface area contributed by atoms with E-state index in [2.05, 4.69) is 10.3 Å². The van der Waals surface area contributed by atoms with E-state index in [1.807, 2.05) is 18.2 Å². The Morgan fingerprint density at radius 1 is 1.56 bits per heavy atom. The number of hydrogen-bond acceptors (Lipinski definition) is 5. The number of nitrogens with two attached hydrogens (primary N) is 2. The summed E-state index contributed by atoms with van der Waals surface area (Å²) in [5, 5.41) is 3.06. The number of anilines is 1. The van der Waals surface area contributed by atoms with E-state index in [0.717, 1.165) is 15.9 Å². The Morgan fingerprint density at radius 2 is 2.38 bits per heavy atom. The van der Waals surface area contributed by atoms with Gasteiger partial charge in [0.25, 0.3) is 0 Å². The number of thiazole rings is 1. The molecule has 5 N–H and O–H groups in total. The molecule has 0 saturated heterocycles. The van der Waals surface area contributed by atoms with Crippen molar-refractivity contribution < 1.29 is 4.79 Å². The second kappa shape index (κ2) is 4.46. The molecule has 1 amide bonds. The first-order chi connectivity index (χ1) is 7.66. The van der Waals surface area contributed by atoms with Crippen molar-refractivity contribution in [2.45, 2.75) is 6.04 Å². The van der Waals surface area contributed by atoms with Crippen LogP contribution in [0.2, 0.25) is 0 Å². The molecule has 0 spiro atoms. The smallest absolute Gasteiger partial charge is 0.236 e. The first-order valence-corrected chi connectivity index (χ1v) is 5.67. The van der Waals surface area contributed by atoms with E-state index in [-0.39, 0.29) is 0 Å². The van der Waals surface area contributed by atoms with Crippen molar-refractivity contribution in [1.29, 1.82) is 0 Å². The summed E-state index contributed by atoms with van der Waals surface area (Å²) >= 11 is 1.57. The van der Waals surface area contributed by atoms with Crippen LogP contribution in [0.3, 0.4) is 0 Å². The number of carbonyl (C=O) groups is 1. The van der Waals surface area contributed by atoms with Gasteiger partial charge in [0.15, 0.2) is 0 Å². The normalized spacial score (nSPS) is 12.6. The van der Waals surface area contributed by atoms with Crippen LogP contribution in [0, 0.1) is 0 Å². The van der Waals surface area contributed by atoms with Crippen LogP contribution < -0.4 is 16.8 Å². The number of benzene rings is 1. The van der Waals surface area contributed by atoms with Gasteiger partial charge in [0.1, 0.15) is 6.04 Å². The predicted octanol–water partition coefficient (Wildman–Crippen LogP) is 0.521. The molecule has 0 saturated carbocycles. The fourth-order valence-corrected chi connectivity index (χ4v) is 2.01. The molecule has 1 aromatic heterocycles. The number of primary amides is 1. The summed E-state index contributed by atoms with van der Waals surface area (Å²) < 4.78 is 1.10. The standard InChI is InChI=1S/C10H12N4OS/c11-7(10(12)15)4-13-6-1-2-8-9(3-6)16-5-14-8/h1-3,5,7,13H,4,11H2,(H2,12,15). The van der Waals surface area contributed by atoms with E-state index in [9.17, 15) is 4.79 Å². The first-order valence-electron chi connectivity index (χ1n) is 4.79. The lowest BCUT2D eigenvalue weighted by Crippen LogP contribution is -2.41. The van der Waals surface area contributed by atoms with Crippen molar-refractivity contribution in [3.05, 3.63) is 23.7 Å². The average molecular weight is 236 g/mol. The number of amides is 1. The minimum Gasteiger partial charge on any atom is -0.383 e. The number of aromatic nitrogens is 1. The number of hydrogen-bond donors (Lipinski definition) is 3. The summed E-state index contributed by atoms with van der Waals surface area (Å²) in [6.07, 6.45) is 0. The molecule has 1 aromatic carbocycles. The van der Waals surface area contributed by atoms with E-state index in [4.69, 9.17) is 11.5 Å². The van der Waals surface area contributed by atoms with Gasteiger partial charge in [-0.2, -0.15) is 0 Å². The molecule has 0 aliphatic rings. The van der Waals surface area contributed by atoms with Gasteiger partial charge in [0, 0.05) is 12.2 Å². The highest BCUT2D eigenvalue weighted by Gasteiger charge is 2.08. The monoisotopic (exact) mass is 236 g/mol. The zero-order valence-corrected chi connectivity index (χ0v) is 9.33. The fraction of sp³-hybridized carbons (Fsp3) is 0.200. The molecule has 1 unspecified atom stereocenters. The average Bonchev–Trinajstić information content (AvgIpc) is 2.72. The van der Waals surface area contributed by atoms with Crippen LogP contribution in [0.5, 0.6) is 0 Å². The lowest BCUT2D eigenvalue weighted by Gasteiger charge is -2.10. The summed E-state index contributed by atoms with van der Waals surface area (Å²) in [6, 6.07) is 5.12. The highest BCUT2D eigenvalue weighted by atomic mass is 32.1. The van der Waals surface area contributed by atoms with Gasteiger partial charge in [0.2, 0.25) is 5.91 Å². The lowest BCUT2D eigenvalue weighted by atomic mass is 10.2. The maximum atomic E-state index is 10.7.